The van der Waals surface area contributed by atoms with Gasteiger partial charge in [-0.15, -0.1) is 11.3 Å². The van der Waals surface area contributed by atoms with Crippen molar-refractivity contribution < 1.29 is 9.90 Å². The molecule has 1 N–H and O–H groups in total. The fraction of sp³-hybridized carbons (Fsp3) is 0.182. The fourth-order valence-corrected chi connectivity index (χ4v) is 3.06. The van der Waals surface area contributed by atoms with Gasteiger partial charge in [0.2, 0.25) is 0 Å². The van der Waals surface area contributed by atoms with E-state index >= 15 is 0 Å². The van der Waals surface area contributed by atoms with Crippen LogP contribution in [0.3, 0.4) is 0 Å². The molecule has 0 spiro atoms. The number of aromatic nitrogens is 2. The first-order chi connectivity index (χ1) is 8.13. The zero-order valence-corrected chi connectivity index (χ0v) is 10.7. The second-order valence-corrected chi connectivity index (χ2v) is 5.57. The summed E-state index contributed by atoms with van der Waals surface area (Å²) < 4.78 is 0.819. The van der Waals surface area contributed by atoms with Crippen LogP contribution in [0.1, 0.15) is 11.3 Å². The number of rotatable bonds is 4. The van der Waals surface area contributed by atoms with Gasteiger partial charge in [0.1, 0.15) is 5.03 Å². The molecule has 0 unspecified atom stereocenters. The first kappa shape index (κ1) is 12.1. The van der Waals surface area contributed by atoms with Crippen LogP contribution in [0.5, 0.6) is 0 Å². The summed E-state index contributed by atoms with van der Waals surface area (Å²) in [5.41, 5.74) is 1.74. The molecule has 2 aromatic heterocycles. The molecule has 88 valence electrons. The van der Waals surface area contributed by atoms with Crippen molar-refractivity contribution in [1.82, 2.24) is 9.97 Å². The van der Waals surface area contributed by atoms with Crippen LogP contribution in [0.4, 0.5) is 0 Å². The Morgan fingerprint density at radius 2 is 2.41 bits per heavy atom. The van der Waals surface area contributed by atoms with Crippen molar-refractivity contribution in [2.45, 2.75) is 22.7 Å². The molecule has 2 rings (SSSR count). The lowest BCUT2D eigenvalue weighted by Gasteiger charge is -1.97. The number of hydrogen-bond acceptors (Lipinski definition) is 5. The van der Waals surface area contributed by atoms with Gasteiger partial charge in [-0.25, -0.2) is 9.97 Å². The van der Waals surface area contributed by atoms with Crippen LogP contribution in [-0.4, -0.2) is 21.0 Å². The Bertz CT molecular complexity index is 540. The highest BCUT2D eigenvalue weighted by Crippen LogP contribution is 2.29. The average molecular weight is 266 g/mol. The number of aryl methyl sites for hydroxylation is 1. The van der Waals surface area contributed by atoms with E-state index < -0.39 is 5.97 Å². The SMILES string of the molecule is Cc1ccnc(Sc2nc(CC(=O)O)cs2)c1. The number of aliphatic carboxylic acids is 1. The zero-order valence-electron chi connectivity index (χ0n) is 9.08. The molecule has 0 aliphatic rings. The Morgan fingerprint density at radius 3 is 3.12 bits per heavy atom. The standard InChI is InChI=1S/C11H10N2O2S2/c1-7-2-3-12-9(4-7)17-11-13-8(6-16-11)5-10(14)15/h2-4,6H,5H2,1H3,(H,14,15). The van der Waals surface area contributed by atoms with Crippen LogP contribution >= 0.6 is 23.1 Å². The van der Waals surface area contributed by atoms with Crippen molar-refractivity contribution >= 4 is 29.1 Å². The Balaban J connectivity index is 2.08. The highest BCUT2D eigenvalue weighted by molar-refractivity contribution is 8.01. The molecule has 6 heteroatoms. The van der Waals surface area contributed by atoms with Gasteiger partial charge in [0.15, 0.2) is 4.34 Å². The predicted molar refractivity (Wildman–Crippen MR) is 66.6 cm³/mol. The quantitative estimate of drug-likeness (QED) is 0.921. The Labute approximate surface area is 107 Å². The van der Waals surface area contributed by atoms with Gasteiger partial charge in [0, 0.05) is 11.6 Å². The molecule has 0 aliphatic heterocycles. The van der Waals surface area contributed by atoms with Crippen molar-refractivity contribution in [3.63, 3.8) is 0 Å². The van der Waals surface area contributed by atoms with Crippen molar-refractivity contribution in [3.05, 3.63) is 35.0 Å². The number of hydrogen-bond donors (Lipinski definition) is 1. The molecular formula is C11H10N2O2S2. The van der Waals surface area contributed by atoms with E-state index in [-0.39, 0.29) is 6.42 Å². The second-order valence-electron chi connectivity index (χ2n) is 3.45. The van der Waals surface area contributed by atoms with Gasteiger partial charge in [-0.3, -0.25) is 4.79 Å². The molecule has 17 heavy (non-hydrogen) atoms. The van der Waals surface area contributed by atoms with Crippen molar-refractivity contribution in [2.75, 3.05) is 0 Å². The van der Waals surface area contributed by atoms with E-state index in [1.807, 2.05) is 19.1 Å². The van der Waals surface area contributed by atoms with E-state index in [1.165, 1.54) is 23.1 Å². The smallest absolute Gasteiger partial charge is 0.309 e. The molecule has 2 heterocycles. The monoisotopic (exact) mass is 266 g/mol. The van der Waals surface area contributed by atoms with Crippen LogP contribution in [0.25, 0.3) is 0 Å². The second kappa shape index (κ2) is 5.29. The number of carboxylic acid groups (broad SMARTS) is 1. The Hall–Kier alpha value is -1.40. The summed E-state index contributed by atoms with van der Waals surface area (Å²) in [5.74, 6) is -0.861. The number of pyridine rings is 1. The number of thiazole rings is 1. The van der Waals surface area contributed by atoms with Gasteiger partial charge < -0.3 is 5.11 Å². The molecule has 0 saturated carbocycles. The van der Waals surface area contributed by atoms with Crippen molar-refractivity contribution in [3.8, 4) is 0 Å². The van der Waals surface area contributed by atoms with E-state index in [9.17, 15) is 4.79 Å². The lowest BCUT2D eigenvalue weighted by Crippen LogP contribution is -1.99. The van der Waals surface area contributed by atoms with Crippen LogP contribution < -0.4 is 0 Å². The summed E-state index contributed by atoms with van der Waals surface area (Å²) in [6.45, 7) is 2.00. The van der Waals surface area contributed by atoms with E-state index in [0.29, 0.717) is 5.69 Å². The summed E-state index contributed by atoms with van der Waals surface area (Å²) in [4.78, 5) is 19.0. The van der Waals surface area contributed by atoms with Crippen molar-refractivity contribution in [1.29, 1.82) is 0 Å². The lowest BCUT2D eigenvalue weighted by atomic mass is 10.3. The third-order valence-corrected chi connectivity index (χ3v) is 3.87. The van der Waals surface area contributed by atoms with Crippen LogP contribution in [0.2, 0.25) is 0 Å². The Kier molecular flexibility index (Phi) is 3.75. The molecule has 0 amide bonds. The van der Waals surface area contributed by atoms with E-state index in [4.69, 9.17) is 5.11 Å². The molecule has 4 nitrogen and oxygen atoms in total. The molecular weight excluding hydrogens is 256 g/mol. The maximum Gasteiger partial charge on any atom is 0.309 e. The first-order valence-electron chi connectivity index (χ1n) is 4.90. The number of carbonyl (C=O) groups is 1. The highest BCUT2D eigenvalue weighted by atomic mass is 32.2. The summed E-state index contributed by atoms with van der Waals surface area (Å²) in [7, 11) is 0. The minimum absolute atomic E-state index is 0.0295. The largest absolute Gasteiger partial charge is 0.481 e. The molecule has 0 fully saturated rings. The van der Waals surface area contributed by atoms with Crippen LogP contribution in [0.15, 0.2) is 33.1 Å². The normalized spacial score (nSPS) is 10.4. The number of nitrogens with zero attached hydrogens (tertiary/aromatic N) is 2. The van der Waals surface area contributed by atoms with Crippen molar-refractivity contribution in [2.24, 2.45) is 0 Å². The summed E-state index contributed by atoms with van der Waals surface area (Å²) >= 11 is 2.89. The van der Waals surface area contributed by atoms with Gasteiger partial charge in [-0.1, -0.05) is 0 Å². The topological polar surface area (TPSA) is 63.1 Å². The van der Waals surface area contributed by atoms with Crippen LogP contribution in [-0.2, 0) is 11.2 Å². The molecule has 0 atom stereocenters. The predicted octanol–water partition coefficient (Wildman–Crippen LogP) is 2.62. The molecule has 0 aliphatic carbocycles. The van der Waals surface area contributed by atoms with Gasteiger partial charge in [0.25, 0.3) is 0 Å². The van der Waals surface area contributed by atoms with Gasteiger partial charge in [0.05, 0.1) is 12.1 Å². The summed E-state index contributed by atoms with van der Waals surface area (Å²) in [5, 5.41) is 11.3. The Morgan fingerprint density at radius 1 is 1.59 bits per heavy atom. The third-order valence-electron chi connectivity index (χ3n) is 1.95. The van der Waals surface area contributed by atoms with E-state index in [0.717, 1.165) is 14.9 Å². The molecule has 0 aromatic carbocycles. The maximum atomic E-state index is 10.5. The van der Waals surface area contributed by atoms with Crippen LogP contribution in [0, 0.1) is 6.92 Å². The summed E-state index contributed by atoms with van der Waals surface area (Å²) in [6.07, 6.45) is 1.72. The van der Waals surface area contributed by atoms with Gasteiger partial charge >= 0.3 is 5.97 Å². The summed E-state index contributed by atoms with van der Waals surface area (Å²) in [6, 6.07) is 3.91. The first-order valence-corrected chi connectivity index (χ1v) is 6.60. The molecule has 2 aromatic rings. The average Bonchev–Trinajstić information content (AvgIpc) is 2.64. The maximum absolute atomic E-state index is 10.5. The molecule has 0 radical (unpaired) electrons. The molecule has 0 bridgehead atoms. The minimum Gasteiger partial charge on any atom is -0.481 e. The van der Waals surface area contributed by atoms with Gasteiger partial charge in [-0.05, 0) is 36.4 Å². The third kappa shape index (κ3) is 3.54. The van der Waals surface area contributed by atoms with Gasteiger partial charge in [-0.2, -0.15) is 0 Å². The highest BCUT2D eigenvalue weighted by Gasteiger charge is 2.07. The lowest BCUT2D eigenvalue weighted by molar-refractivity contribution is -0.136. The minimum atomic E-state index is -0.861. The van der Waals surface area contributed by atoms with E-state index in [2.05, 4.69) is 9.97 Å². The zero-order chi connectivity index (χ0) is 12.3. The molecule has 0 saturated heterocycles. The fourth-order valence-electron chi connectivity index (χ4n) is 1.23. The van der Waals surface area contributed by atoms with E-state index in [1.54, 1.807) is 11.6 Å². The number of carboxylic acids is 1.